The summed E-state index contributed by atoms with van der Waals surface area (Å²) in [7, 11) is -3.87. The Morgan fingerprint density at radius 2 is 1.73 bits per heavy atom. The molecule has 0 saturated heterocycles. The number of nitrogens with zero attached hydrogens (tertiary/aromatic N) is 1. The highest BCUT2D eigenvalue weighted by atomic mass is 31.2. The van der Waals surface area contributed by atoms with Crippen LogP contribution in [-0.2, 0) is 20.2 Å². The van der Waals surface area contributed by atoms with Crippen molar-refractivity contribution in [3.8, 4) is 5.75 Å². The van der Waals surface area contributed by atoms with Gasteiger partial charge in [-0.15, -0.1) is 0 Å². The minimum Gasteiger partial charge on any atom is -0.506 e. The molecule has 0 aliphatic rings. The van der Waals surface area contributed by atoms with E-state index >= 15 is 0 Å². The van der Waals surface area contributed by atoms with Gasteiger partial charge in [0, 0.05) is 11.9 Å². The summed E-state index contributed by atoms with van der Waals surface area (Å²) in [5.74, 6) is -0.337. The number of aryl methyl sites for hydroxylation is 1. The van der Waals surface area contributed by atoms with Crippen LogP contribution in [-0.4, -0.2) is 22.9 Å². The minimum absolute atomic E-state index is 0.106. The molecule has 22 heavy (non-hydrogen) atoms. The molecule has 0 atom stereocenters. The van der Waals surface area contributed by atoms with Crippen molar-refractivity contribution in [1.29, 1.82) is 0 Å². The highest BCUT2D eigenvalue weighted by Crippen LogP contribution is 2.48. The summed E-state index contributed by atoms with van der Waals surface area (Å²) in [4.78, 5) is 12.7. The molecule has 1 aromatic heterocycles. The summed E-state index contributed by atoms with van der Waals surface area (Å²) < 4.78 is 24.9. The van der Waals surface area contributed by atoms with E-state index in [9.17, 15) is 14.5 Å². The van der Waals surface area contributed by atoms with Crippen LogP contribution >= 0.6 is 7.60 Å². The first kappa shape index (κ1) is 16.7. The number of hydrogen-bond donors (Lipinski definition) is 1. The van der Waals surface area contributed by atoms with Crippen molar-refractivity contribution < 1.29 is 18.7 Å². The van der Waals surface area contributed by atoms with E-state index in [1.54, 1.807) is 45.0 Å². The summed E-state index contributed by atoms with van der Waals surface area (Å²) in [6.45, 7) is 5.71. The predicted octanol–water partition coefficient (Wildman–Crippen LogP) is 2.62. The maximum Gasteiger partial charge on any atom is 0.370 e. The number of para-hydroxylation sites is 1. The molecule has 0 unspecified atom stereocenters. The molecule has 0 aliphatic heterocycles. The van der Waals surface area contributed by atoms with Crippen LogP contribution in [0.15, 0.2) is 29.1 Å². The molecule has 2 aromatic rings. The molecule has 120 valence electrons. The molecule has 0 aliphatic carbocycles. The molecule has 0 bridgehead atoms. The van der Waals surface area contributed by atoms with Crippen LogP contribution < -0.4 is 10.9 Å². The zero-order valence-corrected chi connectivity index (χ0v) is 13.8. The number of benzene rings is 1. The lowest BCUT2D eigenvalue weighted by atomic mass is 10.2. The first-order chi connectivity index (χ1) is 10.5. The van der Waals surface area contributed by atoms with E-state index in [4.69, 9.17) is 9.05 Å². The normalized spacial score (nSPS) is 12.0. The van der Waals surface area contributed by atoms with Gasteiger partial charge in [-0.3, -0.25) is 9.36 Å². The van der Waals surface area contributed by atoms with Crippen molar-refractivity contribution in [1.82, 2.24) is 4.57 Å². The Bertz CT molecular complexity index is 773. The fourth-order valence-corrected chi connectivity index (χ4v) is 4.19. The number of hydrogen-bond acceptors (Lipinski definition) is 5. The number of aromatic hydroxyl groups is 1. The molecule has 1 aromatic carbocycles. The topological polar surface area (TPSA) is 77.8 Å². The molecule has 0 radical (unpaired) electrons. The maximum absolute atomic E-state index is 13.0. The summed E-state index contributed by atoms with van der Waals surface area (Å²) in [6, 6.07) is 6.92. The Morgan fingerprint density at radius 3 is 2.27 bits per heavy atom. The third-order valence-electron chi connectivity index (χ3n) is 3.31. The van der Waals surface area contributed by atoms with Crippen molar-refractivity contribution in [3.05, 3.63) is 34.6 Å². The third-order valence-corrected chi connectivity index (χ3v) is 5.46. The van der Waals surface area contributed by atoms with Crippen molar-refractivity contribution in [2.75, 3.05) is 13.2 Å². The number of aromatic nitrogens is 1. The third kappa shape index (κ3) is 2.70. The Kier molecular flexibility index (Phi) is 5.06. The lowest BCUT2D eigenvalue weighted by Gasteiger charge is -2.20. The fourth-order valence-electron chi connectivity index (χ4n) is 2.44. The Labute approximate surface area is 128 Å². The molecule has 6 nitrogen and oxygen atoms in total. The zero-order valence-electron chi connectivity index (χ0n) is 12.9. The minimum atomic E-state index is -3.87. The van der Waals surface area contributed by atoms with E-state index in [2.05, 4.69) is 0 Å². The lowest BCUT2D eigenvalue weighted by Crippen LogP contribution is -2.35. The lowest BCUT2D eigenvalue weighted by molar-refractivity contribution is 0.229. The fraction of sp³-hybridized carbons (Fsp3) is 0.400. The Balaban J connectivity index is 2.89. The van der Waals surface area contributed by atoms with Crippen LogP contribution in [0.1, 0.15) is 20.8 Å². The van der Waals surface area contributed by atoms with Crippen LogP contribution in [0.3, 0.4) is 0 Å². The average molecular weight is 325 g/mol. The van der Waals surface area contributed by atoms with E-state index in [0.717, 1.165) is 0 Å². The first-order valence-corrected chi connectivity index (χ1v) is 8.78. The number of pyridine rings is 1. The molecule has 0 saturated carbocycles. The second-order valence-electron chi connectivity index (χ2n) is 4.60. The molecular weight excluding hydrogens is 305 g/mol. The average Bonchev–Trinajstić information content (AvgIpc) is 2.48. The van der Waals surface area contributed by atoms with Gasteiger partial charge < -0.3 is 18.7 Å². The van der Waals surface area contributed by atoms with E-state index in [1.807, 2.05) is 0 Å². The molecular formula is C15H20NO5P. The van der Waals surface area contributed by atoms with Gasteiger partial charge in [0.25, 0.3) is 5.56 Å². The van der Waals surface area contributed by atoms with Crippen molar-refractivity contribution in [3.63, 3.8) is 0 Å². The van der Waals surface area contributed by atoms with E-state index in [-0.39, 0.29) is 24.3 Å². The van der Waals surface area contributed by atoms with Crippen molar-refractivity contribution in [2.45, 2.75) is 27.3 Å². The van der Waals surface area contributed by atoms with E-state index in [1.165, 1.54) is 4.57 Å². The van der Waals surface area contributed by atoms with Gasteiger partial charge in [-0.1, -0.05) is 12.1 Å². The SMILES string of the molecule is CCOP(=O)(OCC)c1c(O)c2ccccc2n(CC)c1=O. The quantitative estimate of drug-likeness (QED) is 0.826. The van der Waals surface area contributed by atoms with Gasteiger partial charge in [-0.2, -0.15) is 0 Å². The number of fused-ring (bicyclic) bond motifs is 1. The van der Waals surface area contributed by atoms with Crippen LogP contribution in [0.2, 0.25) is 0 Å². The molecule has 7 heteroatoms. The smallest absolute Gasteiger partial charge is 0.370 e. The molecule has 1 heterocycles. The molecule has 2 rings (SSSR count). The number of rotatable bonds is 6. The molecule has 1 N–H and O–H groups in total. The van der Waals surface area contributed by atoms with Crippen molar-refractivity contribution in [2.24, 2.45) is 0 Å². The molecule has 0 spiro atoms. The van der Waals surface area contributed by atoms with Gasteiger partial charge in [0.1, 0.15) is 5.75 Å². The monoisotopic (exact) mass is 325 g/mol. The van der Waals surface area contributed by atoms with Gasteiger partial charge in [0.15, 0.2) is 5.30 Å². The van der Waals surface area contributed by atoms with Gasteiger partial charge >= 0.3 is 7.60 Å². The van der Waals surface area contributed by atoms with E-state index in [0.29, 0.717) is 17.4 Å². The van der Waals surface area contributed by atoms with Crippen LogP contribution in [0.5, 0.6) is 5.75 Å². The van der Waals surface area contributed by atoms with Crippen LogP contribution in [0.4, 0.5) is 0 Å². The summed E-state index contributed by atoms with van der Waals surface area (Å²) in [6.07, 6.45) is 0. The molecule has 0 amide bonds. The van der Waals surface area contributed by atoms with E-state index < -0.39 is 13.2 Å². The van der Waals surface area contributed by atoms with Gasteiger partial charge in [-0.05, 0) is 32.9 Å². The molecule has 0 fully saturated rings. The standard InChI is InChI=1S/C15H20NO5P/c1-4-16-12-10-8-7-9-11(12)13(17)14(15(16)18)22(19,20-5-2)21-6-3/h7-10,17H,4-6H2,1-3H3. The van der Waals surface area contributed by atoms with Crippen molar-refractivity contribution >= 4 is 23.8 Å². The Hall–Kier alpha value is -1.62. The second-order valence-corrected chi connectivity index (χ2v) is 6.56. The summed E-state index contributed by atoms with van der Waals surface area (Å²) in [5, 5.41) is 10.6. The van der Waals surface area contributed by atoms with Gasteiger partial charge in [0.05, 0.1) is 18.7 Å². The largest absolute Gasteiger partial charge is 0.506 e. The second kappa shape index (κ2) is 6.65. The highest BCUT2D eigenvalue weighted by molar-refractivity contribution is 7.62. The van der Waals surface area contributed by atoms with Crippen LogP contribution in [0.25, 0.3) is 10.9 Å². The van der Waals surface area contributed by atoms with Crippen LogP contribution in [0, 0.1) is 0 Å². The predicted molar refractivity (Wildman–Crippen MR) is 86.0 cm³/mol. The highest BCUT2D eigenvalue weighted by Gasteiger charge is 2.35. The first-order valence-electron chi connectivity index (χ1n) is 7.24. The Morgan fingerprint density at radius 1 is 1.14 bits per heavy atom. The maximum atomic E-state index is 13.0. The van der Waals surface area contributed by atoms with Gasteiger partial charge in [-0.25, -0.2) is 0 Å². The van der Waals surface area contributed by atoms with Gasteiger partial charge in [0.2, 0.25) is 0 Å². The summed E-state index contributed by atoms with van der Waals surface area (Å²) in [5.41, 5.74) is 0.0275. The zero-order chi connectivity index (χ0) is 16.3. The summed E-state index contributed by atoms with van der Waals surface area (Å²) >= 11 is 0.